The molecule has 0 aliphatic rings. The molecule has 4 aromatic rings. The Morgan fingerprint density at radius 3 is 2.16 bits per heavy atom. The summed E-state index contributed by atoms with van der Waals surface area (Å²) in [6, 6.07) is 28.3. The molecule has 2 amide bonds. The zero-order chi connectivity index (χ0) is 32.6. The largest absolute Gasteiger partial charge is 0.497 e. The molecule has 0 aliphatic carbocycles. The summed E-state index contributed by atoms with van der Waals surface area (Å²) in [6.07, 6.45) is 0.235. The molecular formula is C35H38ClN3O5S. The topological polar surface area (TPSA) is 96.0 Å². The second-order valence-electron chi connectivity index (χ2n) is 11.0. The maximum absolute atomic E-state index is 14.5. The molecule has 0 saturated carbocycles. The van der Waals surface area contributed by atoms with Crippen LogP contribution in [-0.4, -0.2) is 50.9 Å². The first-order chi connectivity index (χ1) is 21.5. The van der Waals surface area contributed by atoms with Crippen LogP contribution < -0.4 is 14.4 Å². The van der Waals surface area contributed by atoms with Gasteiger partial charge in [0.1, 0.15) is 18.3 Å². The molecule has 0 heterocycles. The Balaban J connectivity index is 1.81. The Labute approximate surface area is 270 Å². The molecule has 0 saturated heterocycles. The summed E-state index contributed by atoms with van der Waals surface area (Å²) in [6.45, 7) is 5.18. The number of aryl methyl sites for hydroxylation is 1. The van der Waals surface area contributed by atoms with Gasteiger partial charge in [0.2, 0.25) is 11.8 Å². The van der Waals surface area contributed by atoms with Crippen LogP contribution in [0.2, 0.25) is 5.02 Å². The number of hydrogen-bond donors (Lipinski definition) is 1. The number of nitrogens with zero attached hydrogens (tertiary/aromatic N) is 2. The number of hydrogen-bond acceptors (Lipinski definition) is 5. The molecule has 236 valence electrons. The fourth-order valence-electron chi connectivity index (χ4n) is 4.98. The Hall–Kier alpha value is -4.34. The van der Waals surface area contributed by atoms with Crippen molar-refractivity contribution in [2.45, 2.75) is 50.7 Å². The first kappa shape index (κ1) is 33.6. The summed E-state index contributed by atoms with van der Waals surface area (Å²) >= 11 is 6.29. The van der Waals surface area contributed by atoms with Gasteiger partial charge in [-0.2, -0.15) is 0 Å². The average Bonchev–Trinajstić information content (AvgIpc) is 3.01. The molecule has 10 heteroatoms. The van der Waals surface area contributed by atoms with Gasteiger partial charge in [-0.3, -0.25) is 13.9 Å². The molecule has 8 nitrogen and oxygen atoms in total. The number of methoxy groups -OCH3 is 1. The predicted octanol–water partition coefficient (Wildman–Crippen LogP) is 6.02. The number of anilines is 1. The summed E-state index contributed by atoms with van der Waals surface area (Å²) in [4.78, 5) is 29.7. The Bertz CT molecular complexity index is 1710. The van der Waals surface area contributed by atoms with Gasteiger partial charge >= 0.3 is 0 Å². The average molecular weight is 648 g/mol. The molecule has 0 aromatic heterocycles. The molecule has 0 bridgehead atoms. The van der Waals surface area contributed by atoms with E-state index in [1.807, 2.05) is 75.4 Å². The molecule has 45 heavy (non-hydrogen) atoms. The monoisotopic (exact) mass is 647 g/mol. The van der Waals surface area contributed by atoms with E-state index < -0.39 is 28.5 Å². The minimum atomic E-state index is -4.26. The van der Waals surface area contributed by atoms with Crippen molar-refractivity contribution in [2.75, 3.05) is 18.0 Å². The van der Waals surface area contributed by atoms with E-state index in [0.29, 0.717) is 10.8 Å². The Kier molecular flexibility index (Phi) is 11.3. The second kappa shape index (κ2) is 15.1. The van der Waals surface area contributed by atoms with Gasteiger partial charge in [-0.25, -0.2) is 8.42 Å². The zero-order valence-corrected chi connectivity index (χ0v) is 27.4. The first-order valence-corrected chi connectivity index (χ1v) is 16.4. The van der Waals surface area contributed by atoms with Crippen LogP contribution in [0.15, 0.2) is 108 Å². The molecule has 4 rings (SSSR count). The van der Waals surface area contributed by atoms with E-state index in [4.69, 9.17) is 16.3 Å². The standard InChI is InChI=1S/C35H38ClN3O5S/c1-25(2)37-35(41)33(21-27-11-6-5-7-12-27)38(23-28-13-8-10-26(3)20-28)34(40)24-39(30-15-9-14-29(36)22-30)45(42,43)32-18-16-31(44-4)17-19-32/h5-20,22,25,33H,21,23-24H2,1-4H3,(H,37,41)/t33-/m1/s1. The van der Waals surface area contributed by atoms with Gasteiger partial charge in [0.25, 0.3) is 10.0 Å². The van der Waals surface area contributed by atoms with Crippen molar-refractivity contribution in [1.29, 1.82) is 0 Å². The van der Waals surface area contributed by atoms with Crippen LogP contribution in [0.5, 0.6) is 5.75 Å². The lowest BCUT2D eigenvalue weighted by molar-refractivity contribution is -0.140. The van der Waals surface area contributed by atoms with E-state index in [2.05, 4.69) is 5.32 Å². The van der Waals surface area contributed by atoms with Crippen molar-refractivity contribution in [3.63, 3.8) is 0 Å². The number of amides is 2. The molecule has 0 spiro atoms. The lowest BCUT2D eigenvalue weighted by Gasteiger charge is -2.34. The normalized spacial score (nSPS) is 12.0. The molecule has 1 N–H and O–H groups in total. The number of sulfonamides is 1. The highest BCUT2D eigenvalue weighted by Crippen LogP contribution is 2.28. The summed E-state index contributed by atoms with van der Waals surface area (Å²) in [5.74, 6) is -0.390. The van der Waals surface area contributed by atoms with Crippen molar-refractivity contribution >= 4 is 39.1 Å². The van der Waals surface area contributed by atoms with Crippen LogP contribution in [0.4, 0.5) is 5.69 Å². The number of rotatable bonds is 13. The van der Waals surface area contributed by atoms with Crippen LogP contribution in [0.25, 0.3) is 0 Å². The van der Waals surface area contributed by atoms with Crippen molar-refractivity contribution < 1.29 is 22.7 Å². The second-order valence-corrected chi connectivity index (χ2v) is 13.3. The van der Waals surface area contributed by atoms with Crippen LogP contribution in [0.1, 0.15) is 30.5 Å². The number of halogens is 1. The number of carbonyl (C=O) groups excluding carboxylic acids is 2. The van der Waals surface area contributed by atoms with Crippen molar-refractivity contribution in [2.24, 2.45) is 0 Å². The smallest absolute Gasteiger partial charge is 0.264 e. The minimum absolute atomic E-state index is 0.0281. The SMILES string of the molecule is COc1ccc(S(=O)(=O)N(CC(=O)N(Cc2cccc(C)c2)[C@H](Cc2ccccc2)C(=O)NC(C)C)c2cccc(Cl)c2)cc1. The van der Waals surface area contributed by atoms with Gasteiger partial charge in [-0.15, -0.1) is 0 Å². The summed E-state index contributed by atoms with van der Waals surface area (Å²) in [5.41, 5.74) is 2.88. The molecule has 0 fully saturated rings. The summed E-state index contributed by atoms with van der Waals surface area (Å²) in [7, 11) is -2.77. The van der Waals surface area contributed by atoms with Gasteiger partial charge in [0, 0.05) is 24.0 Å². The van der Waals surface area contributed by atoms with Crippen LogP contribution in [0, 0.1) is 6.92 Å². The van der Waals surface area contributed by atoms with E-state index in [0.717, 1.165) is 21.0 Å². The summed E-state index contributed by atoms with van der Waals surface area (Å²) < 4.78 is 34.5. The van der Waals surface area contributed by atoms with Gasteiger partial charge in [0.15, 0.2) is 0 Å². The van der Waals surface area contributed by atoms with Crippen molar-refractivity contribution in [1.82, 2.24) is 10.2 Å². The maximum Gasteiger partial charge on any atom is 0.264 e. The third-order valence-corrected chi connectivity index (χ3v) is 9.18. The maximum atomic E-state index is 14.5. The fourth-order valence-corrected chi connectivity index (χ4v) is 6.57. The first-order valence-electron chi connectivity index (χ1n) is 14.6. The predicted molar refractivity (Wildman–Crippen MR) is 178 cm³/mol. The van der Waals surface area contributed by atoms with E-state index in [9.17, 15) is 18.0 Å². The van der Waals surface area contributed by atoms with E-state index in [1.54, 1.807) is 30.3 Å². The third-order valence-electron chi connectivity index (χ3n) is 7.16. The Morgan fingerprint density at radius 1 is 0.867 bits per heavy atom. The van der Waals surface area contributed by atoms with E-state index >= 15 is 0 Å². The molecule has 0 radical (unpaired) electrons. The zero-order valence-electron chi connectivity index (χ0n) is 25.8. The van der Waals surface area contributed by atoms with E-state index in [1.165, 1.54) is 30.2 Å². The lowest BCUT2D eigenvalue weighted by Crippen LogP contribution is -2.54. The van der Waals surface area contributed by atoms with Crippen molar-refractivity contribution in [3.05, 3.63) is 125 Å². The number of benzene rings is 4. The van der Waals surface area contributed by atoms with Crippen molar-refractivity contribution in [3.8, 4) is 5.75 Å². The molecule has 4 aromatic carbocycles. The van der Waals surface area contributed by atoms with Gasteiger partial charge in [-0.1, -0.05) is 77.8 Å². The number of ether oxygens (including phenoxy) is 1. The third kappa shape index (κ3) is 8.86. The lowest BCUT2D eigenvalue weighted by atomic mass is 10.0. The minimum Gasteiger partial charge on any atom is -0.497 e. The van der Waals surface area contributed by atoms with Gasteiger partial charge in [0.05, 0.1) is 17.7 Å². The highest BCUT2D eigenvalue weighted by atomic mass is 35.5. The van der Waals surface area contributed by atoms with E-state index in [-0.39, 0.29) is 35.5 Å². The molecule has 0 aliphatic heterocycles. The quantitative estimate of drug-likeness (QED) is 0.192. The highest BCUT2D eigenvalue weighted by Gasteiger charge is 2.35. The van der Waals surface area contributed by atoms with Gasteiger partial charge in [-0.05, 0) is 74.4 Å². The number of nitrogens with one attached hydrogen (secondary N) is 1. The van der Waals surface area contributed by atoms with Crippen LogP contribution in [-0.2, 0) is 32.6 Å². The number of carbonyl (C=O) groups is 2. The van der Waals surface area contributed by atoms with Crippen LogP contribution in [0.3, 0.4) is 0 Å². The Morgan fingerprint density at radius 2 is 1.53 bits per heavy atom. The van der Waals surface area contributed by atoms with Gasteiger partial charge < -0.3 is 15.0 Å². The fraction of sp³-hybridized carbons (Fsp3) is 0.257. The summed E-state index contributed by atoms with van der Waals surface area (Å²) in [5, 5.41) is 3.27. The molecule has 0 unspecified atom stereocenters. The highest BCUT2D eigenvalue weighted by molar-refractivity contribution is 7.92. The molecular weight excluding hydrogens is 610 g/mol. The van der Waals surface area contributed by atoms with Crippen LogP contribution >= 0.6 is 11.6 Å². The molecule has 1 atom stereocenters.